The van der Waals surface area contributed by atoms with Crippen molar-refractivity contribution in [1.29, 1.82) is 0 Å². The minimum Gasteiger partial charge on any atom is -0.481 e. The number of carboxylic acid groups (broad SMARTS) is 2. The molecule has 2 aliphatic rings. The maximum atomic E-state index is 10.9. The highest BCUT2D eigenvalue weighted by Gasteiger charge is 2.21. The van der Waals surface area contributed by atoms with Crippen LogP contribution in [0.25, 0.3) is 67.5 Å². The zero-order valence-electron chi connectivity index (χ0n) is 37.5. The van der Waals surface area contributed by atoms with Gasteiger partial charge in [0.2, 0.25) is 11.6 Å². The SMILES string of the molecule is CCc1cc(-c2nc(-c3ccc4c(cnn4CCC(=O)O)c3)no2)ccc1C1CCCCC1.CCc1cc(-c2nc(-c3ccc4c(cnn4CCC(=O)O)c3)no2)ccc1N1CCCCC1. The normalized spacial score (nSPS) is 14.4. The van der Waals surface area contributed by atoms with E-state index in [-0.39, 0.29) is 12.8 Å². The Labute approximate surface area is 382 Å². The van der Waals surface area contributed by atoms with E-state index >= 15 is 0 Å². The van der Waals surface area contributed by atoms with Crippen molar-refractivity contribution in [3.8, 4) is 45.7 Å². The molecule has 340 valence electrons. The molecule has 10 rings (SSSR count). The number of nitrogens with zero attached hydrogens (tertiary/aromatic N) is 9. The number of aromatic nitrogens is 8. The van der Waals surface area contributed by atoms with Crippen molar-refractivity contribution in [2.75, 3.05) is 18.0 Å². The van der Waals surface area contributed by atoms with Gasteiger partial charge >= 0.3 is 11.9 Å². The molecule has 1 saturated carbocycles. The Kier molecular flexibility index (Phi) is 13.3. The molecule has 0 spiro atoms. The van der Waals surface area contributed by atoms with Gasteiger partial charge in [-0.2, -0.15) is 20.2 Å². The number of benzene rings is 4. The summed E-state index contributed by atoms with van der Waals surface area (Å²) < 4.78 is 14.6. The lowest BCUT2D eigenvalue weighted by Crippen LogP contribution is -2.30. The average Bonchev–Trinajstić information content (AvgIpc) is 4.20. The molecule has 1 aliphatic carbocycles. The second-order valence-corrected chi connectivity index (χ2v) is 17.3. The van der Waals surface area contributed by atoms with Crippen LogP contribution in [-0.2, 0) is 35.5 Å². The molecule has 1 saturated heterocycles. The van der Waals surface area contributed by atoms with Crippen LogP contribution in [0.2, 0.25) is 0 Å². The molecule has 2 fully saturated rings. The Bertz CT molecular complexity index is 2770. The Morgan fingerprint density at radius 3 is 1.64 bits per heavy atom. The summed E-state index contributed by atoms with van der Waals surface area (Å²) in [6.07, 6.45) is 15.9. The predicted molar refractivity (Wildman–Crippen MR) is 252 cm³/mol. The summed E-state index contributed by atoms with van der Waals surface area (Å²) in [6, 6.07) is 24.5. The van der Waals surface area contributed by atoms with Gasteiger partial charge in [-0.3, -0.25) is 19.0 Å². The summed E-state index contributed by atoms with van der Waals surface area (Å²) in [6.45, 7) is 7.28. The highest BCUT2D eigenvalue weighted by molar-refractivity contribution is 5.85. The fourth-order valence-electron chi connectivity index (χ4n) is 9.43. The lowest BCUT2D eigenvalue weighted by atomic mass is 9.81. The van der Waals surface area contributed by atoms with Crippen molar-refractivity contribution in [1.82, 2.24) is 39.8 Å². The van der Waals surface area contributed by atoms with Crippen LogP contribution in [0, 0.1) is 0 Å². The average molecular weight is 890 g/mol. The second kappa shape index (κ2) is 19.9. The molecule has 1 aliphatic heterocycles. The third kappa shape index (κ3) is 9.75. The lowest BCUT2D eigenvalue weighted by molar-refractivity contribution is -0.138. The molecule has 15 nitrogen and oxygen atoms in total. The van der Waals surface area contributed by atoms with Crippen molar-refractivity contribution in [3.63, 3.8) is 0 Å². The van der Waals surface area contributed by atoms with Gasteiger partial charge in [0.05, 0.1) is 49.4 Å². The Hall–Kier alpha value is -7.16. The smallest absolute Gasteiger partial charge is 0.305 e. The summed E-state index contributed by atoms with van der Waals surface area (Å²) >= 11 is 0. The number of hydrogen-bond acceptors (Lipinski definition) is 11. The van der Waals surface area contributed by atoms with E-state index in [4.69, 9.17) is 19.3 Å². The van der Waals surface area contributed by atoms with Crippen LogP contribution in [0.15, 0.2) is 94.2 Å². The van der Waals surface area contributed by atoms with Crippen LogP contribution in [0.4, 0.5) is 5.69 Å². The van der Waals surface area contributed by atoms with Crippen LogP contribution in [-0.4, -0.2) is 75.1 Å². The van der Waals surface area contributed by atoms with Gasteiger partial charge in [-0.05, 0) is 134 Å². The number of aliphatic carboxylic acids is 2. The summed E-state index contributed by atoms with van der Waals surface area (Å²) in [5.74, 6) is 1.05. The molecule has 0 atom stereocenters. The Balaban J connectivity index is 0.000000166. The van der Waals surface area contributed by atoms with Gasteiger partial charge in [0.25, 0.3) is 11.8 Å². The number of piperidine rings is 1. The predicted octanol–water partition coefficient (Wildman–Crippen LogP) is 10.6. The molecule has 5 heterocycles. The second-order valence-electron chi connectivity index (χ2n) is 17.3. The first kappa shape index (κ1) is 44.1. The first-order chi connectivity index (χ1) is 32.2. The third-order valence-electron chi connectivity index (χ3n) is 12.9. The van der Waals surface area contributed by atoms with E-state index in [1.165, 1.54) is 73.7 Å². The molecule has 8 aromatic rings. The highest BCUT2D eigenvalue weighted by atomic mass is 16.5. The van der Waals surface area contributed by atoms with Crippen molar-refractivity contribution >= 4 is 39.4 Å². The molecule has 2 N–H and O–H groups in total. The zero-order valence-corrected chi connectivity index (χ0v) is 37.5. The molecule has 4 aromatic carbocycles. The number of hydrogen-bond donors (Lipinski definition) is 2. The first-order valence-corrected chi connectivity index (χ1v) is 23.3. The van der Waals surface area contributed by atoms with Crippen molar-refractivity contribution < 1.29 is 28.8 Å². The van der Waals surface area contributed by atoms with Crippen LogP contribution in [0.1, 0.15) is 101 Å². The highest BCUT2D eigenvalue weighted by Crippen LogP contribution is 2.37. The van der Waals surface area contributed by atoms with Gasteiger partial charge in [-0.25, -0.2) is 0 Å². The monoisotopic (exact) mass is 889 g/mol. The van der Waals surface area contributed by atoms with Crippen LogP contribution in [0.3, 0.4) is 0 Å². The summed E-state index contributed by atoms with van der Waals surface area (Å²) in [7, 11) is 0. The minimum absolute atomic E-state index is 0.0308. The fourth-order valence-corrected chi connectivity index (χ4v) is 9.43. The molecule has 0 amide bonds. The number of carbonyl (C=O) groups is 2. The summed E-state index contributed by atoms with van der Waals surface area (Å²) in [5.41, 5.74) is 10.8. The van der Waals surface area contributed by atoms with E-state index in [1.807, 2.05) is 36.4 Å². The first-order valence-electron chi connectivity index (χ1n) is 23.3. The quantitative estimate of drug-likeness (QED) is 0.105. The Morgan fingerprint density at radius 1 is 0.606 bits per heavy atom. The van der Waals surface area contributed by atoms with E-state index in [2.05, 4.69) is 85.6 Å². The molecule has 0 bridgehead atoms. The summed E-state index contributed by atoms with van der Waals surface area (Å²) in [5, 5.41) is 36.7. The lowest BCUT2D eigenvalue weighted by Gasteiger charge is -2.30. The molecule has 0 unspecified atom stereocenters. The number of aryl methyl sites for hydroxylation is 4. The van der Waals surface area contributed by atoms with Crippen molar-refractivity contribution in [2.45, 2.75) is 110 Å². The van der Waals surface area contributed by atoms with Crippen molar-refractivity contribution in [2.24, 2.45) is 0 Å². The van der Waals surface area contributed by atoms with E-state index in [1.54, 1.807) is 21.8 Å². The van der Waals surface area contributed by atoms with Gasteiger partial charge < -0.3 is 24.2 Å². The topological polar surface area (TPSA) is 191 Å². The van der Waals surface area contributed by atoms with Crippen LogP contribution >= 0.6 is 0 Å². The van der Waals surface area contributed by atoms with Crippen molar-refractivity contribution in [3.05, 3.63) is 102 Å². The summed E-state index contributed by atoms with van der Waals surface area (Å²) in [4.78, 5) is 33.5. The van der Waals surface area contributed by atoms with E-state index in [9.17, 15) is 9.59 Å². The zero-order chi connectivity index (χ0) is 45.6. The fraction of sp³-hybridized carbons (Fsp3) is 0.373. The van der Waals surface area contributed by atoms with Crippen LogP contribution in [0.5, 0.6) is 0 Å². The largest absolute Gasteiger partial charge is 0.481 e. The molecular weight excluding hydrogens is 835 g/mol. The molecule has 4 aromatic heterocycles. The number of fused-ring (bicyclic) bond motifs is 2. The van der Waals surface area contributed by atoms with E-state index in [0.29, 0.717) is 42.4 Å². The molecular formula is C51H55N9O6. The van der Waals surface area contributed by atoms with Gasteiger partial charge in [-0.15, -0.1) is 0 Å². The molecule has 15 heteroatoms. The van der Waals surface area contributed by atoms with E-state index in [0.717, 1.165) is 70.0 Å². The molecule has 66 heavy (non-hydrogen) atoms. The Morgan fingerprint density at radius 2 is 1.11 bits per heavy atom. The van der Waals surface area contributed by atoms with Gasteiger partial charge in [-0.1, -0.05) is 49.5 Å². The van der Waals surface area contributed by atoms with Gasteiger partial charge in [0.15, 0.2) is 0 Å². The number of carboxylic acids is 2. The van der Waals surface area contributed by atoms with Gasteiger partial charge in [0.1, 0.15) is 0 Å². The standard InChI is InChI=1S/C26H28N4O3.C25H27N5O3/c1-2-17-14-20(8-10-22(17)18-6-4-3-5-7-18)26-28-25(29-33-26)19-9-11-23-21(15-19)16-27-30(23)13-12-24(31)32;1-2-17-14-19(7-8-21(17)29-11-4-3-5-12-29)25-27-24(28-33-25)18-6-9-22-20(15-18)16-26-30(22)13-10-23(31)32/h8-11,14-16,18H,2-7,12-13H2,1H3,(H,31,32);6-9,14-16H,2-5,10-13H2,1H3,(H,31,32). The molecule has 0 radical (unpaired) electrons. The number of rotatable bonds is 14. The maximum absolute atomic E-state index is 10.9. The number of anilines is 1. The minimum atomic E-state index is -0.843. The maximum Gasteiger partial charge on any atom is 0.305 e. The van der Waals surface area contributed by atoms with Gasteiger partial charge in [0, 0.05) is 51.8 Å². The van der Waals surface area contributed by atoms with E-state index < -0.39 is 11.9 Å². The van der Waals surface area contributed by atoms with Crippen LogP contribution < -0.4 is 4.90 Å². The third-order valence-corrected chi connectivity index (χ3v) is 12.9.